The number of rotatable bonds is 5. The van der Waals surface area contributed by atoms with E-state index in [1.165, 1.54) is 25.9 Å². The Morgan fingerprint density at radius 2 is 1.65 bits per heavy atom. The minimum absolute atomic E-state index is 0.0687. The summed E-state index contributed by atoms with van der Waals surface area (Å²) in [5, 5.41) is 2.51. The van der Waals surface area contributed by atoms with Crippen LogP contribution >= 0.6 is 7.52 Å². The highest BCUT2D eigenvalue weighted by molar-refractivity contribution is 7.60. The standard InChI is InChI=1S/C15H15F3NO3P/c1-21-13-6-8-14(9-7-13)22-23(2,20)19-12-5-3-4-11(10-12)15(16,17)18/h3-10H,1-2H3,(H,19,20)/t23-/m1/s1. The number of halogens is 3. The number of hydrogen-bond acceptors (Lipinski definition) is 3. The first-order chi connectivity index (χ1) is 10.7. The van der Waals surface area contributed by atoms with E-state index < -0.39 is 19.3 Å². The lowest BCUT2D eigenvalue weighted by molar-refractivity contribution is -0.137. The molecule has 0 aromatic heterocycles. The van der Waals surface area contributed by atoms with E-state index in [4.69, 9.17) is 9.26 Å². The molecule has 0 amide bonds. The lowest BCUT2D eigenvalue weighted by Crippen LogP contribution is -2.07. The molecule has 0 aliphatic carbocycles. The van der Waals surface area contributed by atoms with Crippen molar-refractivity contribution in [3.8, 4) is 11.5 Å². The maximum Gasteiger partial charge on any atom is 0.416 e. The molecule has 0 saturated carbocycles. The van der Waals surface area contributed by atoms with Crippen LogP contribution in [0.15, 0.2) is 48.5 Å². The predicted octanol–water partition coefficient (Wildman–Crippen LogP) is 5.03. The summed E-state index contributed by atoms with van der Waals surface area (Å²) < 4.78 is 60.8. The Kier molecular flexibility index (Phi) is 4.90. The molecule has 0 fully saturated rings. The molecule has 23 heavy (non-hydrogen) atoms. The highest BCUT2D eigenvalue weighted by Crippen LogP contribution is 2.44. The SMILES string of the molecule is COc1ccc(O[P@@](C)(=O)Nc2cccc(C(F)(F)F)c2)cc1. The second kappa shape index (κ2) is 6.54. The quantitative estimate of drug-likeness (QED) is 0.773. The van der Waals surface area contributed by atoms with Gasteiger partial charge in [-0.15, -0.1) is 0 Å². The lowest BCUT2D eigenvalue weighted by Gasteiger charge is -2.18. The molecule has 0 spiro atoms. The average Bonchev–Trinajstić information content (AvgIpc) is 2.46. The molecular weight excluding hydrogens is 330 g/mol. The fraction of sp³-hybridized carbons (Fsp3) is 0.200. The summed E-state index contributed by atoms with van der Waals surface area (Å²) >= 11 is 0. The number of benzene rings is 2. The number of alkyl halides is 3. The topological polar surface area (TPSA) is 47.6 Å². The molecule has 8 heteroatoms. The van der Waals surface area contributed by atoms with Gasteiger partial charge in [0.15, 0.2) is 0 Å². The van der Waals surface area contributed by atoms with Gasteiger partial charge in [0.2, 0.25) is 0 Å². The summed E-state index contributed by atoms with van der Waals surface area (Å²) in [4.78, 5) is 0. The molecule has 2 rings (SSSR count). The van der Waals surface area contributed by atoms with Crippen LogP contribution in [0.2, 0.25) is 0 Å². The van der Waals surface area contributed by atoms with Gasteiger partial charge in [0.25, 0.3) is 0 Å². The van der Waals surface area contributed by atoms with Crippen molar-refractivity contribution in [3.63, 3.8) is 0 Å². The normalized spacial score (nSPS) is 14.0. The molecule has 0 bridgehead atoms. The van der Waals surface area contributed by atoms with Crippen molar-refractivity contribution in [3.05, 3.63) is 54.1 Å². The van der Waals surface area contributed by atoms with E-state index >= 15 is 0 Å². The van der Waals surface area contributed by atoms with E-state index in [1.807, 2.05) is 0 Å². The highest BCUT2D eigenvalue weighted by Gasteiger charge is 2.31. The molecule has 0 aliphatic rings. The molecule has 124 valence electrons. The van der Waals surface area contributed by atoms with E-state index in [-0.39, 0.29) is 5.69 Å². The van der Waals surface area contributed by atoms with Crippen LogP contribution in [0.25, 0.3) is 0 Å². The van der Waals surface area contributed by atoms with Gasteiger partial charge in [-0.1, -0.05) is 6.07 Å². The molecule has 0 heterocycles. The summed E-state index contributed by atoms with van der Waals surface area (Å²) in [5.41, 5.74) is -0.758. The second-order valence-corrected chi connectivity index (χ2v) is 6.90. The Balaban J connectivity index is 2.12. The first-order valence-electron chi connectivity index (χ1n) is 6.56. The van der Waals surface area contributed by atoms with E-state index in [2.05, 4.69) is 5.09 Å². The molecule has 1 N–H and O–H groups in total. The fourth-order valence-electron chi connectivity index (χ4n) is 1.86. The van der Waals surface area contributed by atoms with E-state index in [0.717, 1.165) is 12.1 Å². The van der Waals surface area contributed by atoms with Crippen LogP contribution in [-0.2, 0) is 10.7 Å². The highest BCUT2D eigenvalue weighted by atomic mass is 31.2. The van der Waals surface area contributed by atoms with Crippen LogP contribution in [0.1, 0.15) is 5.56 Å². The van der Waals surface area contributed by atoms with Gasteiger partial charge >= 0.3 is 13.7 Å². The molecule has 4 nitrogen and oxygen atoms in total. The van der Waals surface area contributed by atoms with Crippen molar-refractivity contribution in [2.75, 3.05) is 18.9 Å². The van der Waals surface area contributed by atoms with E-state index in [9.17, 15) is 17.7 Å². The second-order valence-electron chi connectivity index (χ2n) is 4.80. The van der Waals surface area contributed by atoms with Crippen molar-refractivity contribution >= 4 is 13.2 Å². The van der Waals surface area contributed by atoms with Gasteiger partial charge < -0.3 is 14.3 Å². The van der Waals surface area contributed by atoms with Gasteiger partial charge in [0.05, 0.1) is 12.7 Å². The molecule has 2 aromatic carbocycles. The zero-order chi connectivity index (χ0) is 17.1. The molecule has 1 atom stereocenters. The minimum Gasteiger partial charge on any atom is -0.497 e. The predicted molar refractivity (Wildman–Crippen MR) is 82.2 cm³/mol. The zero-order valence-electron chi connectivity index (χ0n) is 12.4. The smallest absolute Gasteiger partial charge is 0.416 e. The van der Waals surface area contributed by atoms with Crippen LogP contribution in [0.3, 0.4) is 0 Å². The summed E-state index contributed by atoms with van der Waals surface area (Å²) in [7, 11) is -1.88. The number of anilines is 1. The largest absolute Gasteiger partial charge is 0.497 e. The maximum atomic E-state index is 12.7. The van der Waals surface area contributed by atoms with Crippen molar-refractivity contribution < 1.29 is 27.0 Å². The first-order valence-corrected chi connectivity index (χ1v) is 8.63. The molecule has 2 aromatic rings. The Labute approximate surface area is 131 Å². The summed E-state index contributed by atoms with van der Waals surface area (Å²) in [5.74, 6) is 0.922. The van der Waals surface area contributed by atoms with Crippen molar-refractivity contribution in [1.29, 1.82) is 0 Å². The van der Waals surface area contributed by atoms with E-state index in [0.29, 0.717) is 11.5 Å². The van der Waals surface area contributed by atoms with Crippen molar-refractivity contribution in [2.45, 2.75) is 6.18 Å². The lowest BCUT2D eigenvalue weighted by atomic mass is 10.2. The Bertz CT molecular complexity index is 717. The average molecular weight is 345 g/mol. The van der Waals surface area contributed by atoms with Gasteiger partial charge in [-0.25, -0.2) is 0 Å². The molecule has 0 unspecified atom stereocenters. The van der Waals surface area contributed by atoms with Crippen molar-refractivity contribution in [1.82, 2.24) is 0 Å². The van der Waals surface area contributed by atoms with Gasteiger partial charge in [-0.2, -0.15) is 13.2 Å². The Morgan fingerprint density at radius 1 is 1.04 bits per heavy atom. The summed E-state index contributed by atoms with van der Waals surface area (Å²) in [6, 6.07) is 10.8. The third-order valence-electron chi connectivity index (χ3n) is 2.86. The summed E-state index contributed by atoms with van der Waals surface area (Å²) in [6.07, 6.45) is -4.47. The van der Waals surface area contributed by atoms with Crippen LogP contribution in [-0.4, -0.2) is 13.8 Å². The number of methoxy groups -OCH3 is 1. The fourth-order valence-corrected chi connectivity index (χ4v) is 3.04. The van der Waals surface area contributed by atoms with Gasteiger partial charge in [-0.3, -0.25) is 4.57 Å². The summed E-state index contributed by atoms with van der Waals surface area (Å²) in [6.45, 7) is 1.29. The molecule has 0 radical (unpaired) electrons. The van der Waals surface area contributed by atoms with Crippen LogP contribution in [0.4, 0.5) is 18.9 Å². The van der Waals surface area contributed by atoms with E-state index in [1.54, 1.807) is 24.3 Å². The number of nitrogens with one attached hydrogen (secondary N) is 1. The number of hydrogen-bond donors (Lipinski definition) is 1. The maximum absolute atomic E-state index is 12.7. The van der Waals surface area contributed by atoms with Gasteiger partial charge in [0, 0.05) is 12.4 Å². The third-order valence-corrected chi connectivity index (χ3v) is 4.08. The molecule has 0 saturated heterocycles. The van der Waals surface area contributed by atoms with Crippen LogP contribution in [0, 0.1) is 0 Å². The monoisotopic (exact) mass is 345 g/mol. The Morgan fingerprint density at radius 3 is 2.22 bits per heavy atom. The first kappa shape index (κ1) is 17.2. The third kappa shape index (κ3) is 4.93. The Hall–Kier alpha value is -2.14. The van der Waals surface area contributed by atoms with Crippen LogP contribution in [0.5, 0.6) is 11.5 Å². The zero-order valence-corrected chi connectivity index (χ0v) is 13.3. The van der Waals surface area contributed by atoms with Crippen molar-refractivity contribution in [2.24, 2.45) is 0 Å². The molecule has 0 aliphatic heterocycles. The number of ether oxygens (including phenoxy) is 1. The van der Waals surface area contributed by atoms with Crippen LogP contribution < -0.4 is 14.3 Å². The minimum atomic E-state index is -4.47. The molecular formula is C15H15F3NO3P. The van der Waals surface area contributed by atoms with Gasteiger partial charge in [-0.05, 0) is 42.5 Å². The van der Waals surface area contributed by atoms with Gasteiger partial charge in [0.1, 0.15) is 11.5 Å².